The maximum Gasteiger partial charge on any atom is 0.238 e. The Morgan fingerprint density at radius 1 is 1.33 bits per heavy atom. The number of nitrogens with two attached hydrogens (primary N) is 1. The van der Waals surface area contributed by atoms with Gasteiger partial charge in [0.1, 0.15) is 5.41 Å². The molecule has 0 aliphatic heterocycles. The number of hydrogen-bond donors (Lipinski definition) is 3. The zero-order chi connectivity index (χ0) is 15.6. The molecule has 1 fully saturated rings. The second kappa shape index (κ2) is 6.42. The van der Waals surface area contributed by atoms with Crippen LogP contribution in [-0.4, -0.2) is 17.0 Å². The van der Waals surface area contributed by atoms with Gasteiger partial charge in [-0.05, 0) is 40.9 Å². The lowest BCUT2D eigenvalue weighted by molar-refractivity contribution is -0.122. The normalized spacial score (nSPS) is 17.8. The minimum atomic E-state index is -0.988. The number of carbonyl (C=O) groups excluding carboxylic acids is 1. The number of carbonyl (C=O) groups is 1. The molecular formula is C13H14BrCl2N3O2. The van der Waals surface area contributed by atoms with Crippen molar-refractivity contribution in [2.75, 3.05) is 5.32 Å². The van der Waals surface area contributed by atoms with Crippen LogP contribution in [0, 0.1) is 5.41 Å². The van der Waals surface area contributed by atoms with Crippen LogP contribution in [0.2, 0.25) is 10.0 Å². The van der Waals surface area contributed by atoms with Gasteiger partial charge in [-0.15, -0.1) is 0 Å². The third-order valence-electron chi connectivity index (χ3n) is 3.77. The van der Waals surface area contributed by atoms with Crippen LogP contribution in [0.25, 0.3) is 0 Å². The summed E-state index contributed by atoms with van der Waals surface area (Å²) in [6, 6.07) is 3.33. The van der Waals surface area contributed by atoms with Crippen LogP contribution < -0.4 is 11.1 Å². The lowest BCUT2D eigenvalue weighted by Gasteiger charge is -2.26. The number of amidine groups is 1. The fraction of sp³-hybridized carbons (Fsp3) is 0.385. The van der Waals surface area contributed by atoms with Crippen LogP contribution in [-0.2, 0) is 4.79 Å². The Bertz CT molecular complexity index is 601. The molecule has 1 amide bonds. The van der Waals surface area contributed by atoms with Crippen LogP contribution in [0.1, 0.15) is 25.7 Å². The molecule has 8 heteroatoms. The number of hydrogen-bond acceptors (Lipinski definition) is 3. The van der Waals surface area contributed by atoms with E-state index in [0.29, 0.717) is 28.0 Å². The SMILES string of the molecule is N/C(=N/O)C1(C(=O)Nc2ccc(Br)c(Cl)c2Cl)CCCC1. The van der Waals surface area contributed by atoms with Crippen molar-refractivity contribution in [1.29, 1.82) is 0 Å². The van der Waals surface area contributed by atoms with E-state index >= 15 is 0 Å². The lowest BCUT2D eigenvalue weighted by atomic mass is 9.83. The molecule has 21 heavy (non-hydrogen) atoms. The van der Waals surface area contributed by atoms with E-state index < -0.39 is 5.41 Å². The van der Waals surface area contributed by atoms with Crippen LogP contribution in [0.5, 0.6) is 0 Å². The number of nitrogens with one attached hydrogen (secondary N) is 1. The van der Waals surface area contributed by atoms with Crippen molar-refractivity contribution in [3.05, 3.63) is 26.7 Å². The Morgan fingerprint density at radius 3 is 2.52 bits per heavy atom. The summed E-state index contributed by atoms with van der Waals surface area (Å²) in [6.45, 7) is 0. The summed E-state index contributed by atoms with van der Waals surface area (Å²) in [5.41, 5.74) is 5.14. The van der Waals surface area contributed by atoms with Crippen molar-refractivity contribution in [1.82, 2.24) is 0 Å². The maximum absolute atomic E-state index is 12.6. The largest absolute Gasteiger partial charge is 0.409 e. The number of oxime groups is 1. The Balaban J connectivity index is 2.31. The second-order valence-electron chi connectivity index (χ2n) is 4.95. The van der Waals surface area contributed by atoms with E-state index in [-0.39, 0.29) is 16.8 Å². The quantitative estimate of drug-likeness (QED) is 0.238. The van der Waals surface area contributed by atoms with Gasteiger partial charge in [0.15, 0.2) is 5.84 Å². The lowest BCUT2D eigenvalue weighted by Crippen LogP contribution is -2.45. The molecule has 0 aromatic heterocycles. The van der Waals surface area contributed by atoms with Crippen molar-refractivity contribution in [2.24, 2.45) is 16.3 Å². The van der Waals surface area contributed by atoms with Crippen molar-refractivity contribution in [3.8, 4) is 0 Å². The zero-order valence-corrected chi connectivity index (χ0v) is 14.1. The summed E-state index contributed by atoms with van der Waals surface area (Å²) in [5.74, 6) is -0.410. The van der Waals surface area contributed by atoms with Crippen LogP contribution in [0.4, 0.5) is 5.69 Å². The number of benzene rings is 1. The minimum absolute atomic E-state index is 0.0724. The highest BCUT2D eigenvalue weighted by molar-refractivity contribution is 9.10. The van der Waals surface area contributed by atoms with Gasteiger partial charge in [-0.3, -0.25) is 4.79 Å². The molecule has 1 aliphatic carbocycles. The third-order valence-corrected chi connectivity index (χ3v) is 5.54. The van der Waals surface area contributed by atoms with Gasteiger partial charge >= 0.3 is 0 Å². The molecule has 0 atom stereocenters. The Morgan fingerprint density at radius 2 is 1.95 bits per heavy atom. The summed E-state index contributed by atoms with van der Waals surface area (Å²) >= 11 is 15.4. The average molecular weight is 395 g/mol. The van der Waals surface area contributed by atoms with E-state index in [9.17, 15) is 4.79 Å². The summed E-state index contributed by atoms with van der Waals surface area (Å²) in [6.07, 6.45) is 2.77. The van der Waals surface area contributed by atoms with Gasteiger partial charge in [-0.2, -0.15) is 0 Å². The molecular weight excluding hydrogens is 381 g/mol. The number of amides is 1. The van der Waals surface area contributed by atoms with E-state index in [1.54, 1.807) is 12.1 Å². The van der Waals surface area contributed by atoms with Gasteiger partial charge in [-0.25, -0.2) is 0 Å². The highest BCUT2D eigenvalue weighted by atomic mass is 79.9. The van der Waals surface area contributed by atoms with Gasteiger partial charge in [0.25, 0.3) is 0 Å². The Labute approximate surface area is 140 Å². The minimum Gasteiger partial charge on any atom is -0.409 e. The van der Waals surface area contributed by atoms with E-state index in [4.69, 9.17) is 34.1 Å². The van der Waals surface area contributed by atoms with E-state index in [0.717, 1.165) is 12.8 Å². The Hall–Kier alpha value is -0.980. The monoisotopic (exact) mass is 393 g/mol. The van der Waals surface area contributed by atoms with Gasteiger partial charge in [0.05, 0.1) is 15.7 Å². The van der Waals surface area contributed by atoms with Gasteiger partial charge in [-0.1, -0.05) is 41.2 Å². The van der Waals surface area contributed by atoms with Crippen LogP contribution >= 0.6 is 39.1 Å². The number of halogens is 3. The molecule has 0 bridgehead atoms. The molecule has 5 nitrogen and oxygen atoms in total. The summed E-state index contributed by atoms with van der Waals surface area (Å²) in [7, 11) is 0. The molecule has 114 valence electrons. The van der Waals surface area contributed by atoms with Crippen molar-refractivity contribution in [2.45, 2.75) is 25.7 Å². The first-order valence-electron chi connectivity index (χ1n) is 6.35. The molecule has 0 heterocycles. The molecule has 2 rings (SSSR count). The number of nitrogens with zero attached hydrogens (tertiary/aromatic N) is 1. The molecule has 0 unspecified atom stereocenters. The Kier molecular flexibility index (Phi) is 5.01. The zero-order valence-electron chi connectivity index (χ0n) is 11.0. The first kappa shape index (κ1) is 16.4. The molecule has 4 N–H and O–H groups in total. The van der Waals surface area contributed by atoms with Gasteiger partial charge < -0.3 is 16.3 Å². The molecule has 1 aromatic carbocycles. The molecule has 0 radical (unpaired) electrons. The molecule has 1 saturated carbocycles. The number of anilines is 1. The summed E-state index contributed by atoms with van der Waals surface area (Å²) < 4.78 is 0.638. The predicted octanol–water partition coefficient (Wildman–Crippen LogP) is 4.00. The average Bonchev–Trinajstić information content (AvgIpc) is 2.98. The van der Waals surface area contributed by atoms with E-state index in [2.05, 4.69) is 26.4 Å². The highest BCUT2D eigenvalue weighted by Crippen LogP contribution is 2.41. The summed E-state index contributed by atoms with van der Waals surface area (Å²) in [4.78, 5) is 12.6. The summed E-state index contributed by atoms with van der Waals surface area (Å²) in [5, 5.41) is 15.3. The molecule has 1 aromatic rings. The predicted molar refractivity (Wildman–Crippen MR) is 87.1 cm³/mol. The number of rotatable bonds is 3. The van der Waals surface area contributed by atoms with Crippen LogP contribution in [0.15, 0.2) is 21.8 Å². The van der Waals surface area contributed by atoms with Crippen LogP contribution in [0.3, 0.4) is 0 Å². The first-order valence-corrected chi connectivity index (χ1v) is 7.90. The fourth-order valence-electron chi connectivity index (χ4n) is 2.54. The second-order valence-corrected chi connectivity index (χ2v) is 6.56. The van der Waals surface area contributed by atoms with Gasteiger partial charge in [0, 0.05) is 4.47 Å². The molecule has 0 saturated heterocycles. The van der Waals surface area contributed by atoms with E-state index in [1.807, 2.05) is 0 Å². The molecule has 0 spiro atoms. The maximum atomic E-state index is 12.6. The van der Waals surface area contributed by atoms with E-state index in [1.165, 1.54) is 0 Å². The van der Waals surface area contributed by atoms with Gasteiger partial charge in [0.2, 0.25) is 5.91 Å². The van der Waals surface area contributed by atoms with Crippen molar-refractivity contribution >= 4 is 56.6 Å². The molecule has 1 aliphatic rings. The fourth-order valence-corrected chi connectivity index (χ4v) is 3.36. The topological polar surface area (TPSA) is 87.7 Å². The van der Waals surface area contributed by atoms with Crippen molar-refractivity contribution < 1.29 is 10.0 Å². The third kappa shape index (κ3) is 2.98. The standard InChI is InChI=1S/C13H14BrCl2N3O2/c14-7-3-4-8(10(16)9(7)15)18-12(20)13(11(17)19-21)5-1-2-6-13/h3-4,21H,1-2,5-6H2,(H2,17,19)(H,18,20). The smallest absolute Gasteiger partial charge is 0.238 e. The van der Waals surface area contributed by atoms with Crippen molar-refractivity contribution in [3.63, 3.8) is 0 Å². The first-order chi connectivity index (χ1) is 9.92. The highest BCUT2D eigenvalue weighted by Gasteiger charge is 2.45.